The Balaban J connectivity index is 1.58. The van der Waals surface area contributed by atoms with E-state index in [1.807, 2.05) is 13.1 Å². The van der Waals surface area contributed by atoms with Crippen molar-refractivity contribution >= 4 is 11.6 Å². The minimum atomic E-state index is -0.523. The first-order chi connectivity index (χ1) is 12.0. The Kier molecular flexibility index (Phi) is 4.59. The van der Waals surface area contributed by atoms with Crippen LogP contribution in [0.2, 0.25) is 0 Å². The molecule has 3 aromatic heterocycles. The van der Waals surface area contributed by atoms with E-state index in [0.29, 0.717) is 12.3 Å². The molecule has 0 atom stereocenters. The second-order valence-electron chi connectivity index (χ2n) is 5.31. The molecule has 0 aliphatic carbocycles. The van der Waals surface area contributed by atoms with E-state index in [9.17, 15) is 14.9 Å². The highest BCUT2D eigenvalue weighted by Crippen LogP contribution is 2.13. The lowest BCUT2D eigenvalue weighted by atomic mass is 10.3. The Morgan fingerprint density at radius 1 is 1.28 bits per heavy atom. The van der Waals surface area contributed by atoms with Crippen molar-refractivity contribution in [2.75, 3.05) is 0 Å². The lowest BCUT2D eigenvalue weighted by Gasteiger charge is -2.01. The second-order valence-corrected chi connectivity index (χ2v) is 5.31. The number of carbonyl (C=O) groups excluding carboxylic acids is 1. The van der Waals surface area contributed by atoms with Crippen LogP contribution in [0, 0.1) is 10.1 Å². The van der Waals surface area contributed by atoms with Gasteiger partial charge in [0.25, 0.3) is 5.91 Å². The number of furan rings is 1. The molecule has 1 amide bonds. The van der Waals surface area contributed by atoms with Crippen molar-refractivity contribution in [2.24, 2.45) is 0 Å². The molecule has 10 heteroatoms. The van der Waals surface area contributed by atoms with Crippen LogP contribution in [0.25, 0.3) is 0 Å². The number of rotatable bonds is 7. The Bertz CT molecular complexity index is 893. The Morgan fingerprint density at radius 3 is 2.76 bits per heavy atom. The van der Waals surface area contributed by atoms with Gasteiger partial charge in [0.05, 0.1) is 17.7 Å². The molecule has 0 fully saturated rings. The lowest BCUT2D eigenvalue weighted by molar-refractivity contribution is -0.385. The fourth-order valence-corrected chi connectivity index (χ4v) is 2.22. The van der Waals surface area contributed by atoms with Gasteiger partial charge in [0, 0.05) is 24.8 Å². The number of aryl methyl sites for hydroxylation is 1. The molecule has 1 N–H and O–H groups in total. The lowest BCUT2D eigenvalue weighted by Crippen LogP contribution is -2.22. The zero-order valence-electron chi connectivity index (χ0n) is 13.5. The van der Waals surface area contributed by atoms with Crippen LogP contribution >= 0.6 is 0 Å². The molecule has 130 valence electrons. The summed E-state index contributed by atoms with van der Waals surface area (Å²) < 4.78 is 8.62. The van der Waals surface area contributed by atoms with E-state index in [2.05, 4.69) is 15.5 Å². The summed E-state index contributed by atoms with van der Waals surface area (Å²) in [6.07, 6.45) is 6.01. The molecule has 0 radical (unpaired) electrons. The Morgan fingerprint density at radius 2 is 2.08 bits per heavy atom. The van der Waals surface area contributed by atoms with Gasteiger partial charge in [0.15, 0.2) is 5.76 Å². The molecular formula is C15H16N6O4. The average molecular weight is 344 g/mol. The number of nitrogens with zero attached hydrogens (tertiary/aromatic N) is 5. The van der Waals surface area contributed by atoms with Crippen LogP contribution in [0.5, 0.6) is 0 Å². The fraction of sp³-hybridized carbons (Fsp3) is 0.267. The van der Waals surface area contributed by atoms with Gasteiger partial charge >= 0.3 is 5.69 Å². The van der Waals surface area contributed by atoms with Crippen molar-refractivity contribution in [3.8, 4) is 0 Å². The molecule has 3 rings (SSSR count). The van der Waals surface area contributed by atoms with E-state index in [0.717, 1.165) is 18.3 Å². The van der Waals surface area contributed by atoms with Crippen LogP contribution in [0.1, 0.15) is 28.8 Å². The number of aromatic nitrogens is 4. The summed E-state index contributed by atoms with van der Waals surface area (Å²) in [7, 11) is 0. The molecule has 3 aromatic rings. The topological polar surface area (TPSA) is 121 Å². The predicted molar refractivity (Wildman–Crippen MR) is 85.8 cm³/mol. The summed E-state index contributed by atoms with van der Waals surface area (Å²) in [4.78, 5) is 22.2. The Hall–Kier alpha value is -3.43. The van der Waals surface area contributed by atoms with Crippen LogP contribution < -0.4 is 5.32 Å². The summed E-state index contributed by atoms with van der Waals surface area (Å²) in [5, 5.41) is 21.4. The third kappa shape index (κ3) is 3.91. The molecule has 0 saturated carbocycles. The number of hydrogen-bond donors (Lipinski definition) is 1. The minimum absolute atomic E-state index is 0.0999. The third-order valence-electron chi connectivity index (χ3n) is 3.50. The van der Waals surface area contributed by atoms with Gasteiger partial charge in [-0.05, 0) is 19.1 Å². The highest BCUT2D eigenvalue weighted by atomic mass is 16.6. The number of amides is 1. The van der Waals surface area contributed by atoms with Crippen molar-refractivity contribution in [3.05, 3.63) is 64.1 Å². The molecule has 3 heterocycles. The van der Waals surface area contributed by atoms with E-state index in [-0.39, 0.29) is 23.9 Å². The highest BCUT2D eigenvalue weighted by Gasteiger charge is 2.13. The maximum absolute atomic E-state index is 12.1. The summed E-state index contributed by atoms with van der Waals surface area (Å²) in [5.41, 5.74) is 0.794. The van der Waals surface area contributed by atoms with Crippen LogP contribution in [-0.4, -0.2) is 30.4 Å². The van der Waals surface area contributed by atoms with Gasteiger partial charge in [0.1, 0.15) is 18.2 Å². The van der Waals surface area contributed by atoms with Crippen LogP contribution in [0.3, 0.4) is 0 Å². The van der Waals surface area contributed by atoms with Crippen molar-refractivity contribution in [3.63, 3.8) is 0 Å². The van der Waals surface area contributed by atoms with Crippen molar-refractivity contribution in [2.45, 2.75) is 26.6 Å². The van der Waals surface area contributed by atoms with Gasteiger partial charge in [-0.15, -0.1) is 0 Å². The molecule has 0 aromatic carbocycles. The number of nitrogens with one attached hydrogen (secondary N) is 1. The van der Waals surface area contributed by atoms with Crippen molar-refractivity contribution in [1.82, 2.24) is 24.9 Å². The first-order valence-corrected chi connectivity index (χ1v) is 7.60. The predicted octanol–water partition coefficient (Wildman–Crippen LogP) is 1.58. The van der Waals surface area contributed by atoms with Crippen LogP contribution in [0.15, 0.2) is 41.3 Å². The van der Waals surface area contributed by atoms with E-state index in [1.165, 1.54) is 10.9 Å². The van der Waals surface area contributed by atoms with Gasteiger partial charge in [-0.3, -0.25) is 24.3 Å². The maximum Gasteiger partial charge on any atom is 0.307 e. The molecule has 25 heavy (non-hydrogen) atoms. The maximum atomic E-state index is 12.1. The van der Waals surface area contributed by atoms with Crippen molar-refractivity contribution < 1.29 is 14.1 Å². The average Bonchev–Trinajstić information content (AvgIpc) is 3.33. The summed E-state index contributed by atoms with van der Waals surface area (Å²) in [6.45, 7) is 3.29. The van der Waals surface area contributed by atoms with Gasteiger partial charge in [-0.25, -0.2) is 0 Å². The first kappa shape index (κ1) is 16.4. The van der Waals surface area contributed by atoms with Crippen LogP contribution in [-0.2, 0) is 19.6 Å². The smallest absolute Gasteiger partial charge is 0.307 e. The Labute approximate surface area is 142 Å². The zero-order valence-corrected chi connectivity index (χ0v) is 13.5. The molecule has 0 aliphatic heterocycles. The number of hydrogen-bond acceptors (Lipinski definition) is 6. The monoisotopic (exact) mass is 344 g/mol. The van der Waals surface area contributed by atoms with Crippen LogP contribution in [0.4, 0.5) is 5.69 Å². The van der Waals surface area contributed by atoms with E-state index < -0.39 is 4.92 Å². The molecule has 10 nitrogen and oxygen atoms in total. The second kappa shape index (κ2) is 6.99. The number of nitro groups is 1. The largest absolute Gasteiger partial charge is 0.454 e. The number of carbonyl (C=O) groups is 1. The normalized spacial score (nSPS) is 10.8. The van der Waals surface area contributed by atoms with E-state index in [1.54, 1.807) is 23.0 Å². The van der Waals surface area contributed by atoms with Gasteiger partial charge < -0.3 is 9.73 Å². The summed E-state index contributed by atoms with van der Waals surface area (Å²) >= 11 is 0. The summed E-state index contributed by atoms with van der Waals surface area (Å²) in [5.74, 6) is 0.295. The first-order valence-electron chi connectivity index (χ1n) is 7.60. The molecule has 0 saturated heterocycles. The van der Waals surface area contributed by atoms with Gasteiger partial charge in [0.2, 0.25) is 0 Å². The summed E-state index contributed by atoms with van der Waals surface area (Å²) in [6, 6.07) is 3.19. The molecule has 0 aliphatic rings. The van der Waals surface area contributed by atoms with E-state index >= 15 is 0 Å². The van der Waals surface area contributed by atoms with Gasteiger partial charge in [-0.1, -0.05) is 0 Å². The van der Waals surface area contributed by atoms with Gasteiger partial charge in [-0.2, -0.15) is 10.2 Å². The van der Waals surface area contributed by atoms with E-state index in [4.69, 9.17) is 4.42 Å². The fourth-order valence-electron chi connectivity index (χ4n) is 2.22. The molecule has 0 bridgehead atoms. The molecular weight excluding hydrogens is 328 g/mol. The molecule has 0 unspecified atom stereocenters. The standard InChI is InChI=1S/C15H16N6O4/c1-2-19-8-11(6-17-19)5-16-15(22)14-4-3-13(25-14)10-20-9-12(7-18-20)21(23)24/h3-4,6-9H,2,5,10H2,1H3,(H,16,22). The van der Waals surface area contributed by atoms with Crippen molar-refractivity contribution in [1.29, 1.82) is 0 Å². The minimum Gasteiger partial charge on any atom is -0.454 e. The zero-order chi connectivity index (χ0) is 17.8. The third-order valence-corrected chi connectivity index (χ3v) is 3.50. The highest BCUT2D eigenvalue weighted by molar-refractivity contribution is 5.91. The SMILES string of the molecule is CCn1cc(CNC(=O)c2ccc(Cn3cc([N+](=O)[O-])cn3)o2)cn1. The molecule has 0 spiro atoms. The quantitative estimate of drug-likeness (QED) is 0.513.